The molecule has 0 spiro atoms. The van der Waals surface area contributed by atoms with Crippen molar-refractivity contribution in [3.8, 4) is 5.75 Å². The number of amides is 2. The number of aliphatic hydroxyl groups is 1. The zero-order valence-corrected chi connectivity index (χ0v) is 23.0. The number of carbonyl (C=O) groups excluding carboxylic acids is 2. The molecule has 3 rings (SSSR count). The van der Waals surface area contributed by atoms with Crippen LogP contribution in [0.25, 0.3) is 10.9 Å². The second-order valence-corrected chi connectivity index (χ2v) is 10.3. The van der Waals surface area contributed by atoms with E-state index < -0.39 is 48.0 Å². The number of H-pyrrole nitrogens is 1. The third-order valence-corrected chi connectivity index (χ3v) is 6.72. The predicted molar refractivity (Wildman–Crippen MR) is 146 cm³/mol. The van der Waals surface area contributed by atoms with Gasteiger partial charge in [-0.25, -0.2) is 4.79 Å². The molecule has 0 radical (unpaired) electrons. The molecule has 4 atom stereocenters. The highest BCUT2D eigenvalue weighted by atomic mass is 16.5. The van der Waals surface area contributed by atoms with Crippen LogP contribution in [0.15, 0.2) is 24.3 Å². The van der Waals surface area contributed by atoms with Crippen LogP contribution in [0, 0.1) is 0 Å². The second-order valence-electron chi connectivity index (χ2n) is 10.3. The van der Waals surface area contributed by atoms with Gasteiger partial charge >= 0.3 is 11.9 Å². The molecule has 0 bridgehead atoms. The van der Waals surface area contributed by atoms with Crippen LogP contribution in [0.4, 0.5) is 0 Å². The van der Waals surface area contributed by atoms with Gasteiger partial charge in [0.25, 0.3) is 5.91 Å². The third-order valence-electron chi connectivity index (χ3n) is 6.72. The minimum atomic E-state index is -1.19. The summed E-state index contributed by atoms with van der Waals surface area (Å²) in [6, 6.07) is 4.20. The molecular formula is C27H39N5O8. The van der Waals surface area contributed by atoms with Gasteiger partial charge in [0, 0.05) is 36.6 Å². The van der Waals surface area contributed by atoms with Crippen molar-refractivity contribution < 1.29 is 39.2 Å². The van der Waals surface area contributed by atoms with E-state index in [1.165, 1.54) is 11.8 Å². The number of carboxylic acid groups (broad SMARTS) is 2. The lowest BCUT2D eigenvalue weighted by Crippen LogP contribution is -2.53. The standard InChI is InChI=1S/C27H39N5O8/c1-15(2)29-13-17(33)14-40-23-8-4-6-19-18(23)12-21(31-19)24(34)28-10-9-20(26(36)37)30-16(3)25(35)32-11-5-7-22(32)27(38)39/h4,6,8,12,15-17,20,22,29-31,33H,5,7,9-11,13-14H2,1-3H3,(H,28,34)(H,36,37)(H,38,39)/t16-,17?,20?,22-/m0/s1. The SMILES string of the molecule is CC(C)NCC(O)COc1cccc2[nH]c(C(=O)NCCC(N[C@@H](C)C(=O)N3CCC[C@H]3C(=O)O)C(=O)O)cc12. The normalized spacial score (nSPS) is 17.5. The van der Waals surface area contributed by atoms with Gasteiger partial charge in [0.1, 0.15) is 36.2 Å². The van der Waals surface area contributed by atoms with Gasteiger partial charge < -0.3 is 40.6 Å². The van der Waals surface area contributed by atoms with E-state index in [2.05, 4.69) is 20.9 Å². The van der Waals surface area contributed by atoms with Crippen molar-refractivity contribution in [1.29, 1.82) is 0 Å². The van der Waals surface area contributed by atoms with E-state index in [9.17, 15) is 34.5 Å². The molecule has 220 valence electrons. The Morgan fingerprint density at radius 1 is 1.18 bits per heavy atom. The zero-order valence-electron chi connectivity index (χ0n) is 23.0. The van der Waals surface area contributed by atoms with E-state index in [0.29, 0.717) is 42.6 Å². The summed E-state index contributed by atoms with van der Waals surface area (Å²) in [6.07, 6.45) is 0.226. The van der Waals surface area contributed by atoms with Gasteiger partial charge in [-0.2, -0.15) is 0 Å². The van der Waals surface area contributed by atoms with Crippen LogP contribution in [0.2, 0.25) is 0 Å². The summed E-state index contributed by atoms with van der Waals surface area (Å²) >= 11 is 0. The molecule has 2 unspecified atom stereocenters. The van der Waals surface area contributed by atoms with Crippen LogP contribution < -0.4 is 20.7 Å². The summed E-state index contributed by atoms with van der Waals surface area (Å²) in [5, 5.41) is 38.3. The smallest absolute Gasteiger partial charge is 0.326 e. The second kappa shape index (κ2) is 14.1. The number of carbonyl (C=O) groups is 4. The van der Waals surface area contributed by atoms with Crippen molar-refractivity contribution in [3.05, 3.63) is 30.0 Å². The largest absolute Gasteiger partial charge is 0.490 e. The van der Waals surface area contributed by atoms with Gasteiger partial charge in [0.15, 0.2) is 0 Å². The Morgan fingerprint density at radius 3 is 2.60 bits per heavy atom. The van der Waals surface area contributed by atoms with Gasteiger partial charge in [-0.05, 0) is 44.4 Å². The molecule has 2 heterocycles. The number of aliphatic hydroxyl groups excluding tert-OH is 1. The Labute approximate surface area is 232 Å². The molecule has 2 amide bonds. The van der Waals surface area contributed by atoms with E-state index in [0.717, 1.165) is 0 Å². The van der Waals surface area contributed by atoms with Crippen LogP contribution >= 0.6 is 0 Å². The number of likely N-dealkylation sites (tertiary alicyclic amines) is 1. The molecule has 1 saturated heterocycles. The first-order valence-corrected chi connectivity index (χ1v) is 13.4. The predicted octanol–water partition coefficient (Wildman–Crippen LogP) is 0.532. The van der Waals surface area contributed by atoms with E-state index in [1.54, 1.807) is 24.3 Å². The van der Waals surface area contributed by atoms with Crippen molar-refractivity contribution in [2.75, 3.05) is 26.2 Å². The molecule has 1 fully saturated rings. The van der Waals surface area contributed by atoms with Crippen LogP contribution in [-0.2, 0) is 14.4 Å². The number of ether oxygens (including phenoxy) is 1. The van der Waals surface area contributed by atoms with Gasteiger partial charge in [-0.3, -0.25) is 19.7 Å². The summed E-state index contributed by atoms with van der Waals surface area (Å²) < 4.78 is 5.78. The van der Waals surface area contributed by atoms with Crippen molar-refractivity contribution in [2.45, 2.75) is 70.3 Å². The molecular weight excluding hydrogens is 522 g/mol. The van der Waals surface area contributed by atoms with Crippen LogP contribution in [0.3, 0.4) is 0 Å². The molecule has 0 aliphatic carbocycles. The average molecular weight is 562 g/mol. The number of aromatic nitrogens is 1. The highest BCUT2D eigenvalue weighted by molar-refractivity contribution is 5.99. The third kappa shape index (κ3) is 8.16. The minimum absolute atomic E-state index is 0.00204. The van der Waals surface area contributed by atoms with Crippen molar-refractivity contribution in [1.82, 2.24) is 25.8 Å². The quantitative estimate of drug-likeness (QED) is 0.161. The first-order valence-electron chi connectivity index (χ1n) is 13.4. The fourth-order valence-corrected chi connectivity index (χ4v) is 4.60. The topological polar surface area (TPSA) is 193 Å². The lowest BCUT2D eigenvalue weighted by atomic mass is 10.1. The lowest BCUT2D eigenvalue weighted by Gasteiger charge is -2.27. The molecule has 1 aromatic carbocycles. The highest BCUT2D eigenvalue weighted by Crippen LogP contribution is 2.26. The molecule has 40 heavy (non-hydrogen) atoms. The Balaban J connectivity index is 1.54. The number of benzene rings is 1. The number of hydrogen-bond donors (Lipinski definition) is 7. The Kier molecular flexibility index (Phi) is 10.9. The lowest BCUT2D eigenvalue weighted by molar-refractivity contribution is -0.149. The number of carboxylic acids is 2. The maximum absolute atomic E-state index is 12.8. The molecule has 13 nitrogen and oxygen atoms in total. The number of aromatic amines is 1. The number of hydrogen-bond acceptors (Lipinski definition) is 8. The van der Waals surface area contributed by atoms with Crippen molar-refractivity contribution in [3.63, 3.8) is 0 Å². The molecule has 1 aliphatic heterocycles. The number of nitrogens with zero attached hydrogens (tertiary/aromatic N) is 1. The Hall–Kier alpha value is -3.68. The number of rotatable bonds is 15. The van der Waals surface area contributed by atoms with Crippen molar-refractivity contribution >= 4 is 34.7 Å². The molecule has 7 N–H and O–H groups in total. The van der Waals surface area contributed by atoms with Crippen LogP contribution in [0.5, 0.6) is 5.75 Å². The van der Waals surface area contributed by atoms with Gasteiger partial charge in [-0.15, -0.1) is 0 Å². The molecule has 13 heteroatoms. The first-order chi connectivity index (χ1) is 19.0. The van der Waals surface area contributed by atoms with Crippen LogP contribution in [0.1, 0.15) is 50.5 Å². The molecule has 1 aromatic heterocycles. The minimum Gasteiger partial charge on any atom is -0.490 e. The first kappa shape index (κ1) is 30.9. The Bertz CT molecular complexity index is 1200. The monoisotopic (exact) mass is 561 g/mol. The fourth-order valence-electron chi connectivity index (χ4n) is 4.60. The summed E-state index contributed by atoms with van der Waals surface area (Å²) in [6.45, 7) is 6.24. The van der Waals surface area contributed by atoms with E-state index in [4.69, 9.17) is 4.74 Å². The van der Waals surface area contributed by atoms with E-state index >= 15 is 0 Å². The van der Waals surface area contributed by atoms with Crippen LogP contribution in [-0.4, -0.2) is 105 Å². The number of aliphatic carboxylic acids is 2. The van der Waals surface area contributed by atoms with Gasteiger partial charge in [0.2, 0.25) is 5.91 Å². The summed E-state index contributed by atoms with van der Waals surface area (Å²) in [7, 11) is 0. The van der Waals surface area contributed by atoms with Gasteiger partial charge in [0.05, 0.1) is 6.04 Å². The maximum Gasteiger partial charge on any atom is 0.326 e. The summed E-state index contributed by atoms with van der Waals surface area (Å²) in [5.41, 5.74) is 0.918. The summed E-state index contributed by atoms with van der Waals surface area (Å²) in [5.74, 6) is -2.68. The molecule has 0 saturated carbocycles. The average Bonchev–Trinajstić information content (AvgIpc) is 3.57. The number of nitrogens with one attached hydrogen (secondary N) is 4. The van der Waals surface area contributed by atoms with Crippen molar-refractivity contribution in [2.24, 2.45) is 0 Å². The van der Waals surface area contributed by atoms with E-state index in [1.807, 2.05) is 13.8 Å². The maximum atomic E-state index is 12.8. The number of fused-ring (bicyclic) bond motifs is 1. The summed E-state index contributed by atoms with van der Waals surface area (Å²) in [4.78, 5) is 53.0. The highest BCUT2D eigenvalue weighted by Gasteiger charge is 2.36. The fraction of sp³-hybridized carbons (Fsp3) is 0.556. The Morgan fingerprint density at radius 2 is 1.93 bits per heavy atom. The molecule has 2 aromatic rings. The van der Waals surface area contributed by atoms with Gasteiger partial charge in [-0.1, -0.05) is 19.9 Å². The van der Waals surface area contributed by atoms with E-state index in [-0.39, 0.29) is 31.3 Å². The zero-order chi connectivity index (χ0) is 29.4. The molecule has 1 aliphatic rings.